The second kappa shape index (κ2) is 5.07. The van der Waals surface area contributed by atoms with Crippen LogP contribution in [0.25, 0.3) is 10.9 Å². The highest BCUT2D eigenvalue weighted by Gasteiger charge is 2.11. The molecular formula is C14H8N2O3. The summed E-state index contributed by atoms with van der Waals surface area (Å²) in [6.07, 6.45) is 1.28. The molecular weight excluding hydrogens is 244 g/mol. The fraction of sp³-hybridized carbons (Fsp3) is 0.0714. The first kappa shape index (κ1) is 12.4. The molecule has 0 fully saturated rings. The van der Waals surface area contributed by atoms with Gasteiger partial charge in [0.05, 0.1) is 12.5 Å². The molecule has 1 heterocycles. The molecule has 0 amide bonds. The second-order valence-corrected chi connectivity index (χ2v) is 3.73. The van der Waals surface area contributed by atoms with E-state index in [1.54, 1.807) is 12.1 Å². The summed E-state index contributed by atoms with van der Waals surface area (Å²) in [6.45, 7) is 0. The normalized spacial score (nSPS) is 9.42. The fourth-order valence-corrected chi connectivity index (χ4v) is 1.64. The Balaban J connectivity index is 2.62. The summed E-state index contributed by atoms with van der Waals surface area (Å²) in [5.74, 6) is 4.10. The van der Waals surface area contributed by atoms with Crippen LogP contribution in [0.2, 0.25) is 0 Å². The summed E-state index contributed by atoms with van der Waals surface area (Å²) < 4.78 is 0. The van der Waals surface area contributed by atoms with Crippen LogP contribution >= 0.6 is 0 Å². The highest BCUT2D eigenvalue weighted by Crippen LogP contribution is 2.10. The van der Waals surface area contributed by atoms with Gasteiger partial charge in [-0.15, -0.1) is 0 Å². The molecule has 0 spiro atoms. The molecule has 19 heavy (non-hydrogen) atoms. The number of nitrogens with one attached hydrogen (secondary N) is 1. The number of carboxylic acid groups (broad SMARTS) is 1. The van der Waals surface area contributed by atoms with Crippen molar-refractivity contribution in [3.8, 4) is 17.9 Å². The maximum atomic E-state index is 12.0. The molecule has 0 radical (unpaired) electrons. The summed E-state index contributed by atoms with van der Waals surface area (Å²) in [7, 11) is 0. The Labute approximate surface area is 108 Å². The number of hydrogen-bond donors (Lipinski definition) is 2. The van der Waals surface area contributed by atoms with E-state index in [1.165, 1.54) is 12.3 Å². The predicted molar refractivity (Wildman–Crippen MR) is 68.6 cm³/mol. The number of carboxylic acids is 1. The van der Waals surface area contributed by atoms with Crippen LogP contribution in [0.3, 0.4) is 0 Å². The van der Waals surface area contributed by atoms with Crippen molar-refractivity contribution in [3.63, 3.8) is 0 Å². The lowest BCUT2D eigenvalue weighted by Gasteiger charge is -2.00. The summed E-state index contributed by atoms with van der Waals surface area (Å²) in [5, 5.41) is 17.5. The lowest BCUT2D eigenvalue weighted by atomic mass is 10.1. The number of H-pyrrole nitrogens is 1. The maximum absolute atomic E-state index is 12.0. The summed E-state index contributed by atoms with van der Waals surface area (Å²) in [6, 6.07) is 6.76. The lowest BCUT2D eigenvalue weighted by Crippen LogP contribution is -2.15. The number of aromatic carboxylic acids is 1. The van der Waals surface area contributed by atoms with E-state index in [9.17, 15) is 9.59 Å². The first-order chi connectivity index (χ1) is 9.13. The van der Waals surface area contributed by atoms with Gasteiger partial charge in [-0.3, -0.25) is 4.79 Å². The van der Waals surface area contributed by atoms with Crippen LogP contribution in [-0.4, -0.2) is 16.1 Å². The van der Waals surface area contributed by atoms with E-state index in [-0.39, 0.29) is 17.4 Å². The van der Waals surface area contributed by atoms with E-state index >= 15 is 0 Å². The van der Waals surface area contributed by atoms with E-state index in [2.05, 4.69) is 16.8 Å². The minimum Gasteiger partial charge on any atom is -0.477 e. The number of aromatic nitrogens is 1. The van der Waals surface area contributed by atoms with E-state index in [4.69, 9.17) is 10.4 Å². The Morgan fingerprint density at radius 1 is 1.42 bits per heavy atom. The molecule has 1 aromatic carbocycles. The predicted octanol–water partition coefficient (Wildman–Crippen LogP) is 1.49. The highest BCUT2D eigenvalue weighted by atomic mass is 16.4. The summed E-state index contributed by atoms with van der Waals surface area (Å²) in [5.41, 5.74) is 0.247. The number of hydrogen-bond acceptors (Lipinski definition) is 3. The maximum Gasteiger partial charge on any atom is 0.341 e. The average molecular weight is 252 g/mol. The molecule has 2 aromatic rings. The third kappa shape index (κ3) is 2.46. The average Bonchev–Trinajstić information content (AvgIpc) is 2.39. The number of aromatic amines is 1. The standard InChI is InChI=1S/C14H8N2O3/c15-6-2-1-3-9-4-5-12-10(7-9)13(17)11(8-16-12)14(18)19/h4-5,7-8H,2H2,(H,16,17)(H,18,19). The number of pyridine rings is 1. The van der Waals surface area contributed by atoms with Crippen LogP contribution in [-0.2, 0) is 0 Å². The summed E-state index contributed by atoms with van der Waals surface area (Å²) in [4.78, 5) is 25.6. The van der Waals surface area contributed by atoms with Crippen molar-refractivity contribution in [3.05, 3.63) is 45.7 Å². The molecule has 5 heteroatoms. The number of fused-ring (bicyclic) bond motifs is 1. The molecule has 2 rings (SSSR count). The molecule has 0 aliphatic carbocycles. The topological polar surface area (TPSA) is 93.9 Å². The number of nitriles is 1. The van der Waals surface area contributed by atoms with E-state index in [1.807, 2.05) is 6.07 Å². The van der Waals surface area contributed by atoms with Crippen LogP contribution in [0.5, 0.6) is 0 Å². The van der Waals surface area contributed by atoms with E-state index in [0.29, 0.717) is 11.1 Å². The number of nitrogens with zero attached hydrogens (tertiary/aromatic N) is 1. The third-order valence-corrected chi connectivity index (χ3v) is 2.51. The van der Waals surface area contributed by atoms with Gasteiger partial charge in [-0.1, -0.05) is 11.8 Å². The van der Waals surface area contributed by atoms with Crippen LogP contribution in [0.15, 0.2) is 29.2 Å². The molecule has 0 unspecified atom stereocenters. The minimum absolute atomic E-state index is 0.101. The zero-order chi connectivity index (χ0) is 13.8. The van der Waals surface area contributed by atoms with Gasteiger partial charge >= 0.3 is 5.97 Å². The second-order valence-electron chi connectivity index (χ2n) is 3.73. The molecule has 5 nitrogen and oxygen atoms in total. The molecule has 0 bridgehead atoms. The SMILES string of the molecule is N#CCC#Cc1ccc2[nH]cc(C(=O)O)c(=O)c2c1. The smallest absolute Gasteiger partial charge is 0.341 e. The number of carbonyl (C=O) groups is 1. The first-order valence-electron chi connectivity index (χ1n) is 5.38. The van der Waals surface area contributed by atoms with Crippen molar-refractivity contribution in [2.24, 2.45) is 0 Å². The van der Waals surface area contributed by atoms with Crippen molar-refractivity contribution < 1.29 is 9.90 Å². The van der Waals surface area contributed by atoms with E-state index < -0.39 is 11.4 Å². The molecule has 2 N–H and O–H groups in total. The van der Waals surface area contributed by atoms with Gasteiger partial charge < -0.3 is 10.1 Å². The Bertz CT molecular complexity index is 816. The zero-order valence-corrected chi connectivity index (χ0v) is 9.73. The van der Waals surface area contributed by atoms with Gasteiger partial charge in [-0.25, -0.2) is 4.79 Å². The van der Waals surface area contributed by atoms with Crippen molar-refractivity contribution in [2.75, 3.05) is 0 Å². The van der Waals surface area contributed by atoms with Gasteiger partial charge in [0.1, 0.15) is 5.56 Å². The van der Waals surface area contributed by atoms with Crippen molar-refractivity contribution >= 4 is 16.9 Å². The molecule has 92 valence electrons. The van der Waals surface area contributed by atoms with Crippen LogP contribution in [0.4, 0.5) is 0 Å². The fourth-order valence-electron chi connectivity index (χ4n) is 1.64. The van der Waals surface area contributed by atoms with Gasteiger partial charge in [-0.05, 0) is 18.2 Å². The molecule has 0 saturated heterocycles. The minimum atomic E-state index is -1.27. The Hall–Kier alpha value is -3.05. The third-order valence-electron chi connectivity index (χ3n) is 2.51. The van der Waals surface area contributed by atoms with Crippen molar-refractivity contribution in [1.82, 2.24) is 4.98 Å². The molecule has 0 saturated carbocycles. The molecule has 0 aliphatic heterocycles. The van der Waals surface area contributed by atoms with Crippen molar-refractivity contribution in [2.45, 2.75) is 6.42 Å². The van der Waals surface area contributed by atoms with Crippen LogP contribution < -0.4 is 5.43 Å². The monoisotopic (exact) mass is 252 g/mol. The van der Waals surface area contributed by atoms with Gasteiger partial charge in [-0.2, -0.15) is 5.26 Å². The Morgan fingerprint density at radius 3 is 2.89 bits per heavy atom. The lowest BCUT2D eigenvalue weighted by molar-refractivity contribution is 0.0695. The number of benzene rings is 1. The van der Waals surface area contributed by atoms with Gasteiger partial charge in [0.25, 0.3) is 0 Å². The van der Waals surface area contributed by atoms with Crippen molar-refractivity contribution in [1.29, 1.82) is 5.26 Å². The van der Waals surface area contributed by atoms with Gasteiger partial charge in [0, 0.05) is 22.7 Å². The van der Waals surface area contributed by atoms with E-state index in [0.717, 1.165) is 0 Å². The summed E-state index contributed by atoms with van der Waals surface area (Å²) >= 11 is 0. The quantitative estimate of drug-likeness (QED) is 0.752. The molecule has 0 aliphatic rings. The zero-order valence-electron chi connectivity index (χ0n) is 9.73. The van der Waals surface area contributed by atoms with Crippen LogP contribution in [0, 0.1) is 23.2 Å². The number of rotatable bonds is 1. The molecule has 1 aromatic heterocycles. The van der Waals surface area contributed by atoms with Crippen LogP contribution in [0.1, 0.15) is 22.3 Å². The first-order valence-corrected chi connectivity index (χ1v) is 5.38. The highest BCUT2D eigenvalue weighted by molar-refractivity contribution is 5.92. The Morgan fingerprint density at radius 2 is 2.21 bits per heavy atom. The largest absolute Gasteiger partial charge is 0.477 e. The van der Waals surface area contributed by atoms with Gasteiger partial charge in [0.2, 0.25) is 5.43 Å². The Kier molecular flexibility index (Phi) is 3.31. The molecule has 0 atom stereocenters. The van der Waals surface area contributed by atoms with Gasteiger partial charge in [0.15, 0.2) is 0 Å².